The van der Waals surface area contributed by atoms with Crippen LogP contribution in [-0.4, -0.2) is 51.2 Å². The second kappa shape index (κ2) is 14.5. The molecule has 0 aliphatic carbocycles. The van der Waals surface area contributed by atoms with Crippen LogP contribution in [0.15, 0.2) is 36.4 Å². The fourth-order valence-corrected chi connectivity index (χ4v) is 9.41. The summed E-state index contributed by atoms with van der Waals surface area (Å²) in [6, 6.07) is 8.68. The van der Waals surface area contributed by atoms with E-state index in [0.717, 1.165) is 0 Å². The molecule has 0 saturated heterocycles. The van der Waals surface area contributed by atoms with Crippen molar-refractivity contribution in [2.24, 2.45) is 0 Å². The largest absolute Gasteiger partial charge is 0.347 e. The molecule has 8 nitrogen and oxygen atoms in total. The molecule has 2 atom stereocenters. The summed E-state index contributed by atoms with van der Waals surface area (Å²) in [6.07, 6.45) is -0.124. The Morgan fingerprint density at radius 1 is 0.651 bits per heavy atom. The third kappa shape index (κ3) is 9.89. The van der Waals surface area contributed by atoms with Gasteiger partial charge in [0.2, 0.25) is 0 Å². The van der Waals surface area contributed by atoms with Gasteiger partial charge in [0.25, 0.3) is 11.8 Å². The van der Waals surface area contributed by atoms with Gasteiger partial charge in [0.15, 0.2) is 29.7 Å². The van der Waals surface area contributed by atoms with E-state index in [1.807, 2.05) is 0 Å². The molecular formula is C28H30Br2Cl4N2O6S. The highest BCUT2D eigenvalue weighted by Gasteiger charge is 2.55. The van der Waals surface area contributed by atoms with E-state index in [0.29, 0.717) is 0 Å². The third-order valence-corrected chi connectivity index (χ3v) is 13.6. The smallest absolute Gasteiger partial charge is 0.251 e. The van der Waals surface area contributed by atoms with Crippen LogP contribution in [0.5, 0.6) is 0 Å². The Hall–Kier alpha value is -1.21. The monoisotopic (exact) mass is 820 g/mol. The highest BCUT2D eigenvalue weighted by Crippen LogP contribution is 2.43. The van der Waals surface area contributed by atoms with Gasteiger partial charge in [-0.25, -0.2) is 8.42 Å². The summed E-state index contributed by atoms with van der Waals surface area (Å²) in [6.45, 7) is 6.62. The molecule has 2 N–H and O–H groups in total. The lowest BCUT2D eigenvalue weighted by Gasteiger charge is -2.35. The Kier molecular flexibility index (Phi) is 12.8. The second-order valence-corrected chi connectivity index (χ2v) is 19.4. The zero-order valence-corrected chi connectivity index (χ0v) is 30.6. The van der Waals surface area contributed by atoms with E-state index >= 15 is 0 Å². The molecule has 2 amide bonds. The summed E-state index contributed by atoms with van der Waals surface area (Å²) < 4.78 is 23.3. The lowest BCUT2D eigenvalue weighted by Crippen LogP contribution is -2.51. The van der Waals surface area contributed by atoms with Crippen LogP contribution in [0.1, 0.15) is 74.1 Å². The van der Waals surface area contributed by atoms with Crippen molar-refractivity contribution in [2.45, 2.75) is 71.8 Å². The summed E-state index contributed by atoms with van der Waals surface area (Å²) in [5, 5.41) is 6.63. The van der Waals surface area contributed by atoms with Gasteiger partial charge in [-0.2, -0.15) is 0 Å². The molecule has 2 rings (SSSR count). The number of halogens is 6. The first kappa shape index (κ1) is 38.0. The average Bonchev–Trinajstić information content (AvgIpc) is 2.88. The van der Waals surface area contributed by atoms with Gasteiger partial charge < -0.3 is 20.2 Å². The quantitative estimate of drug-likeness (QED) is 0.150. The minimum absolute atomic E-state index is 0.0158. The molecule has 0 radical (unpaired) electrons. The number of rotatable bonds is 14. The number of sulfone groups is 1. The van der Waals surface area contributed by atoms with Crippen LogP contribution in [0.25, 0.3) is 0 Å². The minimum Gasteiger partial charge on any atom is -0.347 e. The van der Waals surface area contributed by atoms with Crippen molar-refractivity contribution < 1.29 is 27.6 Å². The van der Waals surface area contributed by atoms with Crippen LogP contribution >= 0.6 is 78.3 Å². The number of hydrogen-bond donors (Lipinski definition) is 2. The fraction of sp³-hybridized carbons (Fsp3) is 0.429. The number of amides is 2. The molecule has 0 heterocycles. The molecule has 2 aromatic carbocycles. The Morgan fingerprint density at radius 3 is 1.19 bits per heavy atom. The molecule has 2 aromatic rings. The molecule has 43 heavy (non-hydrogen) atoms. The molecule has 0 bridgehead atoms. The average molecular weight is 824 g/mol. The zero-order chi connectivity index (χ0) is 33.0. The molecule has 0 aliphatic heterocycles. The molecule has 15 heteroatoms. The van der Waals surface area contributed by atoms with E-state index in [4.69, 9.17) is 46.4 Å². The first-order chi connectivity index (χ1) is 19.6. The van der Waals surface area contributed by atoms with Crippen LogP contribution in [0, 0.1) is 0 Å². The Labute approximate surface area is 288 Å². The Balaban J connectivity index is 2.19. The van der Waals surface area contributed by atoms with Crippen molar-refractivity contribution >= 4 is 112 Å². The predicted molar refractivity (Wildman–Crippen MR) is 179 cm³/mol. The van der Waals surface area contributed by atoms with Crippen molar-refractivity contribution in [3.05, 3.63) is 67.6 Å². The number of carbonyl (C=O) groups excluding carboxylic acids is 4. The van der Waals surface area contributed by atoms with Gasteiger partial charge >= 0.3 is 0 Å². The molecule has 236 valence electrons. The third-order valence-electron chi connectivity index (χ3n) is 6.58. The SMILES string of the molecule is CC(C)(CCC(Br)(C=O)S(=O)(=O)C(Br)(C=O)CCC(C)(C)NC(=O)c1cc(Cl)cc(Cl)c1)NC(=O)c1cc(Cl)cc(Cl)c1. The molecule has 0 aromatic heterocycles. The molecule has 0 fully saturated rings. The van der Waals surface area contributed by atoms with Crippen LogP contribution in [0.3, 0.4) is 0 Å². The first-order valence-corrected chi connectivity index (χ1v) is 17.3. The number of carbonyl (C=O) groups is 4. The standard InChI is InChI=1S/C28H30Br2Cl4N2O6S/c1-25(2,35-23(39)17-9-19(31)13-20(32)10-17)5-7-27(29,15-37)43(41,42)28(30,16-38)8-6-26(3,4)36-24(40)18-11-21(33)14-22(34)12-18/h9-16H,5-8H2,1-4H3,(H,35,39)(H,36,40). The van der Waals surface area contributed by atoms with E-state index in [1.54, 1.807) is 27.7 Å². The summed E-state index contributed by atoms with van der Waals surface area (Å²) in [4.78, 5) is 50.2. The van der Waals surface area contributed by atoms with Crippen LogP contribution in [-0.2, 0) is 19.4 Å². The molecule has 0 saturated carbocycles. The second-order valence-electron chi connectivity index (χ2n) is 11.3. The van der Waals surface area contributed by atoms with Crippen LogP contribution < -0.4 is 10.6 Å². The highest BCUT2D eigenvalue weighted by molar-refractivity contribution is 9.14. The number of nitrogens with one attached hydrogen (secondary N) is 2. The van der Waals surface area contributed by atoms with Gasteiger partial charge in [-0.05, 0) is 89.8 Å². The van der Waals surface area contributed by atoms with E-state index in [1.165, 1.54) is 36.4 Å². The van der Waals surface area contributed by atoms with E-state index in [9.17, 15) is 27.6 Å². The van der Waals surface area contributed by atoms with Gasteiger partial charge in [-0.15, -0.1) is 0 Å². The van der Waals surface area contributed by atoms with Crippen LogP contribution in [0.2, 0.25) is 20.1 Å². The summed E-state index contributed by atoms with van der Waals surface area (Å²) in [5.74, 6) is -1.01. The summed E-state index contributed by atoms with van der Waals surface area (Å²) in [7, 11) is -4.59. The number of hydrogen-bond acceptors (Lipinski definition) is 6. The minimum atomic E-state index is -4.59. The Morgan fingerprint density at radius 2 is 0.930 bits per heavy atom. The molecule has 2 unspecified atom stereocenters. The molecular weight excluding hydrogens is 794 g/mol. The van der Waals surface area contributed by atoms with Crippen molar-refractivity contribution in [1.82, 2.24) is 10.6 Å². The van der Waals surface area contributed by atoms with Gasteiger partial charge in [-0.1, -0.05) is 78.3 Å². The summed E-state index contributed by atoms with van der Waals surface area (Å²) >= 11 is 30.1. The number of aldehydes is 2. The maximum absolute atomic E-state index is 13.8. The van der Waals surface area contributed by atoms with Gasteiger partial charge in [-0.3, -0.25) is 9.59 Å². The van der Waals surface area contributed by atoms with Gasteiger partial charge in [0.1, 0.15) is 0 Å². The number of benzene rings is 2. The fourth-order valence-electron chi connectivity index (χ4n) is 4.02. The van der Waals surface area contributed by atoms with Crippen molar-refractivity contribution in [3.8, 4) is 0 Å². The van der Waals surface area contributed by atoms with E-state index in [-0.39, 0.29) is 69.5 Å². The van der Waals surface area contributed by atoms with E-state index < -0.39 is 40.0 Å². The highest BCUT2D eigenvalue weighted by atomic mass is 79.9. The first-order valence-electron chi connectivity index (χ1n) is 12.7. The number of alkyl halides is 2. The molecule has 0 aliphatic rings. The van der Waals surface area contributed by atoms with E-state index in [2.05, 4.69) is 42.5 Å². The van der Waals surface area contributed by atoms with Crippen molar-refractivity contribution in [2.75, 3.05) is 0 Å². The molecule has 0 spiro atoms. The maximum Gasteiger partial charge on any atom is 0.251 e. The van der Waals surface area contributed by atoms with Crippen LogP contribution in [0.4, 0.5) is 0 Å². The topological polar surface area (TPSA) is 126 Å². The summed E-state index contributed by atoms with van der Waals surface area (Å²) in [5.41, 5.74) is -1.58. The lowest BCUT2D eigenvalue weighted by atomic mass is 9.96. The Bertz CT molecular complexity index is 1380. The normalized spacial score (nSPS) is 15.1. The maximum atomic E-state index is 13.8. The zero-order valence-electron chi connectivity index (χ0n) is 23.6. The van der Waals surface area contributed by atoms with Gasteiger partial charge in [0.05, 0.1) is 0 Å². The van der Waals surface area contributed by atoms with Gasteiger partial charge in [0, 0.05) is 42.3 Å². The predicted octanol–water partition coefficient (Wildman–Crippen LogP) is 7.57. The van der Waals surface area contributed by atoms with Crippen molar-refractivity contribution in [3.63, 3.8) is 0 Å². The van der Waals surface area contributed by atoms with Crippen molar-refractivity contribution in [1.29, 1.82) is 0 Å². The lowest BCUT2D eigenvalue weighted by molar-refractivity contribution is -0.108.